The Kier molecular flexibility index (Phi) is 6.65. The van der Waals surface area contributed by atoms with Crippen molar-refractivity contribution in [2.75, 3.05) is 26.2 Å². The predicted octanol–water partition coefficient (Wildman–Crippen LogP) is 3.26. The van der Waals surface area contributed by atoms with Crippen molar-refractivity contribution < 1.29 is 9.59 Å². The van der Waals surface area contributed by atoms with Crippen LogP contribution in [0.25, 0.3) is 0 Å². The Labute approximate surface area is 174 Å². The van der Waals surface area contributed by atoms with Crippen molar-refractivity contribution in [2.45, 2.75) is 64.0 Å². The first kappa shape index (κ1) is 20.1. The Morgan fingerprint density at radius 2 is 1.83 bits per heavy atom. The molecule has 0 bridgehead atoms. The Bertz CT molecular complexity index is 753. The standard InChI is InChI=1S/C24H33N3O2/c28-23(25-13-16-26-14-7-2-8-15-26)17-21-20-11-5-6-12-22(20)27(24(21)29)18-19-9-3-1-4-10-19/h1,3-4,9-10,22H,2,5-8,11-18H2,(H,25,28). The zero-order valence-corrected chi connectivity index (χ0v) is 17.4. The summed E-state index contributed by atoms with van der Waals surface area (Å²) in [7, 11) is 0. The number of hydrogen-bond donors (Lipinski definition) is 1. The molecule has 1 aromatic carbocycles. The van der Waals surface area contributed by atoms with Gasteiger partial charge in [-0.15, -0.1) is 0 Å². The van der Waals surface area contributed by atoms with Crippen LogP contribution in [-0.4, -0.2) is 53.8 Å². The van der Waals surface area contributed by atoms with Crippen molar-refractivity contribution in [1.29, 1.82) is 0 Å². The van der Waals surface area contributed by atoms with Gasteiger partial charge in [-0.25, -0.2) is 0 Å². The maximum atomic E-state index is 13.2. The summed E-state index contributed by atoms with van der Waals surface area (Å²) in [6.45, 7) is 4.49. The number of piperidine rings is 1. The molecule has 156 valence electrons. The number of rotatable bonds is 7. The second-order valence-electron chi connectivity index (χ2n) is 8.61. The fraction of sp³-hybridized carbons (Fsp3) is 0.583. The number of nitrogens with zero attached hydrogens (tertiary/aromatic N) is 2. The number of fused-ring (bicyclic) bond motifs is 1. The Hall–Kier alpha value is -2.14. The van der Waals surface area contributed by atoms with Crippen LogP contribution in [0.3, 0.4) is 0 Å². The van der Waals surface area contributed by atoms with E-state index in [1.807, 2.05) is 23.1 Å². The van der Waals surface area contributed by atoms with E-state index >= 15 is 0 Å². The highest BCUT2D eigenvalue weighted by atomic mass is 16.2. The Balaban J connectivity index is 1.36. The van der Waals surface area contributed by atoms with Crippen molar-refractivity contribution >= 4 is 11.8 Å². The van der Waals surface area contributed by atoms with Gasteiger partial charge in [0.25, 0.3) is 5.91 Å². The van der Waals surface area contributed by atoms with Gasteiger partial charge in [0.2, 0.25) is 5.91 Å². The number of likely N-dealkylation sites (tertiary alicyclic amines) is 1. The monoisotopic (exact) mass is 395 g/mol. The highest BCUT2D eigenvalue weighted by Gasteiger charge is 2.40. The van der Waals surface area contributed by atoms with Gasteiger partial charge in [0, 0.05) is 25.2 Å². The van der Waals surface area contributed by atoms with Crippen molar-refractivity contribution in [3.8, 4) is 0 Å². The molecule has 4 rings (SSSR count). The minimum absolute atomic E-state index is 0.0104. The average Bonchev–Trinajstić information content (AvgIpc) is 3.01. The first-order valence-corrected chi connectivity index (χ1v) is 11.3. The number of nitrogens with one attached hydrogen (secondary N) is 1. The van der Waals surface area contributed by atoms with E-state index in [0.717, 1.165) is 56.5 Å². The number of carbonyl (C=O) groups is 2. The lowest BCUT2D eigenvalue weighted by molar-refractivity contribution is -0.129. The average molecular weight is 396 g/mol. The molecule has 2 fully saturated rings. The van der Waals surface area contributed by atoms with Crippen LogP contribution in [0.4, 0.5) is 0 Å². The molecule has 1 aromatic rings. The van der Waals surface area contributed by atoms with Crippen LogP contribution < -0.4 is 5.32 Å². The molecule has 5 nitrogen and oxygen atoms in total. The van der Waals surface area contributed by atoms with E-state index in [2.05, 4.69) is 22.3 Å². The molecule has 5 heteroatoms. The van der Waals surface area contributed by atoms with E-state index in [9.17, 15) is 9.59 Å². The highest BCUT2D eigenvalue weighted by molar-refractivity contribution is 6.02. The molecular formula is C24H33N3O2. The second kappa shape index (κ2) is 9.57. The highest BCUT2D eigenvalue weighted by Crippen LogP contribution is 2.38. The van der Waals surface area contributed by atoms with Crippen LogP contribution in [0.5, 0.6) is 0 Å². The molecule has 2 heterocycles. The fourth-order valence-corrected chi connectivity index (χ4v) is 5.05. The lowest BCUT2D eigenvalue weighted by Gasteiger charge is -2.30. The molecule has 1 saturated carbocycles. The number of carbonyl (C=O) groups excluding carboxylic acids is 2. The van der Waals surface area contributed by atoms with Crippen molar-refractivity contribution in [3.63, 3.8) is 0 Å². The zero-order valence-electron chi connectivity index (χ0n) is 17.4. The third-order valence-corrected chi connectivity index (χ3v) is 6.59. The van der Waals surface area contributed by atoms with E-state index in [-0.39, 0.29) is 24.3 Å². The van der Waals surface area contributed by atoms with Crippen LogP contribution in [0.1, 0.15) is 56.9 Å². The van der Waals surface area contributed by atoms with Gasteiger partial charge in [0.15, 0.2) is 0 Å². The van der Waals surface area contributed by atoms with Gasteiger partial charge in [-0.3, -0.25) is 9.59 Å². The Morgan fingerprint density at radius 3 is 2.62 bits per heavy atom. The molecule has 1 aliphatic carbocycles. The molecule has 1 atom stereocenters. The first-order chi connectivity index (χ1) is 14.2. The predicted molar refractivity (Wildman–Crippen MR) is 114 cm³/mol. The van der Waals surface area contributed by atoms with Gasteiger partial charge < -0.3 is 15.1 Å². The third-order valence-electron chi connectivity index (χ3n) is 6.59. The molecule has 0 radical (unpaired) electrons. The van der Waals surface area contributed by atoms with E-state index in [4.69, 9.17) is 0 Å². The van der Waals surface area contributed by atoms with Gasteiger partial charge in [-0.1, -0.05) is 43.2 Å². The minimum atomic E-state index is -0.0104. The molecule has 2 aliphatic heterocycles. The summed E-state index contributed by atoms with van der Waals surface area (Å²) < 4.78 is 0. The minimum Gasteiger partial charge on any atom is -0.355 e. The number of benzene rings is 1. The molecule has 1 unspecified atom stereocenters. The van der Waals surface area contributed by atoms with E-state index in [0.29, 0.717) is 13.1 Å². The first-order valence-electron chi connectivity index (χ1n) is 11.3. The summed E-state index contributed by atoms with van der Waals surface area (Å²) in [5.41, 5.74) is 3.14. The summed E-state index contributed by atoms with van der Waals surface area (Å²) in [4.78, 5) is 30.2. The maximum absolute atomic E-state index is 13.2. The van der Waals surface area contributed by atoms with Crippen LogP contribution in [0.2, 0.25) is 0 Å². The van der Waals surface area contributed by atoms with Crippen LogP contribution in [0.15, 0.2) is 41.5 Å². The summed E-state index contributed by atoms with van der Waals surface area (Å²) in [6.07, 6.45) is 8.33. The fourth-order valence-electron chi connectivity index (χ4n) is 5.05. The smallest absolute Gasteiger partial charge is 0.251 e. The molecule has 2 amide bonds. The van der Waals surface area contributed by atoms with Gasteiger partial charge in [0.05, 0.1) is 12.5 Å². The van der Waals surface area contributed by atoms with Crippen molar-refractivity contribution in [3.05, 3.63) is 47.0 Å². The van der Waals surface area contributed by atoms with Gasteiger partial charge in [-0.05, 0) is 56.3 Å². The molecular weight excluding hydrogens is 362 g/mol. The van der Waals surface area contributed by atoms with Crippen molar-refractivity contribution in [1.82, 2.24) is 15.1 Å². The largest absolute Gasteiger partial charge is 0.355 e. The zero-order chi connectivity index (χ0) is 20.1. The SMILES string of the molecule is O=C(CC1=C2CCCCC2N(Cc2ccccc2)C1=O)NCCN1CCCCC1. The van der Waals surface area contributed by atoms with Crippen molar-refractivity contribution in [2.24, 2.45) is 0 Å². The summed E-state index contributed by atoms with van der Waals surface area (Å²) in [5.74, 6) is 0.0608. The molecule has 1 N–H and O–H groups in total. The van der Waals surface area contributed by atoms with Crippen LogP contribution in [0, 0.1) is 0 Å². The summed E-state index contributed by atoms with van der Waals surface area (Å²) in [5, 5.41) is 3.05. The van der Waals surface area contributed by atoms with E-state index < -0.39 is 0 Å². The lowest BCUT2D eigenvalue weighted by atomic mass is 9.88. The second-order valence-corrected chi connectivity index (χ2v) is 8.61. The van der Waals surface area contributed by atoms with E-state index in [1.54, 1.807) is 0 Å². The van der Waals surface area contributed by atoms with Crippen LogP contribution in [-0.2, 0) is 16.1 Å². The quantitative estimate of drug-likeness (QED) is 0.771. The topological polar surface area (TPSA) is 52.7 Å². The Morgan fingerprint density at radius 1 is 1.03 bits per heavy atom. The lowest BCUT2D eigenvalue weighted by Crippen LogP contribution is -2.38. The molecule has 3 aliphatic rings. The molecule has 0 aromatic heterocycles. The molecule has 1 saturated heterocycles. The maximum Gasteiger partial charge on any atom is 0.251 e. The molecule has 29 heavy (non-hydrogen) atoms. The molecule has 0 spiro atoms. The summed E-state index contributed by atoms with van der Waals surface area (Å²) >= 11 is 0. The number of hydrogen-bond acceptors (Lipinski definition) is 3. The van der Waals surface area contributed by atoms with Gasteiger partial charge in [0.1, 0.15) is 0 Å². The summed E-state index contributed by atoms with van der Waals surface area (Å²) in [6, 6.07) is 10.4. The normalized spacial score (nSPS) is 22.7. The third kappa shape index (κ3) is 4.89. The van der Waals surface area contributed by atoms with Gasteiger partial charge >= 0.3 is 0 Å². The van der Waals surface area contributed by atoms with E-state index in [1.165, 1.54) is 24.8 Å². The van der Waals surface area contributed by atoms with Gasteiger partial charge in [-0.2, -0.15) is 0 Å². The number of amides is 2. The van der Waals surface area contributed by atoms with Crippen LogP contribution >= 0.6 is 0 Å².